The van der Waals surface area contributed by atoms with Crippen LogP contribution in [0.2, 0.25) is 0 Å². The lowest BCUT2D eigenvalue weighted by Gasteiger charge is -2.38. The predicted octanol–water partition coefficient (Wildman–Crippen LogP) is 5.46. The van der Waals surface area contributed by atoms with Crippen LogP contribution in [0.15, 0.2) is 64.4 Å². The predicted molar refractivity (Wildman–Crippen MR) is 107 cm³/mol. The number of aryl methyl sites for hydroxylation is 1. The van der Waals surface area contributed by atoms with Gasteiger partial charge in [0.25, 0.3) is 0 Å². The van der Waals surface area contributed by atoms with E-state index in [0.29, 0.717) is 0 Å². The number of fused-ring (bicyclic) bond motifs is 3. The van der Waals surface area contributed by atoms with E-state index in [1.54, 1.807) is 23.7 Å². The fourth-order valence-corrected chi connectivity index (χ4v) is 4.78. The molecule has 4 heterocycles. The largest absolute Gasteiger partial charge is 0.464 e. The molecule has 2 atom stereocenters. The number of benzene rings is 1. The van der Waals surface area contributed by atoms with Crippen molar-refractivity contribution >= 4 is 33.0 Å². The van der Waals surface area contributed by atoms with Gasteiger partial charge >= 0.3 is 0 Å². The standard InChI is InChI=1S/C20H16BrN3OS/c1-12-2-5-19(26-12)16-11-17-15-10-14(21)3-4-18(15)25-20(24(17)23-16)13-6-8-22-9-7-13/h2-10,17,20H,11H2,1H3/t17-,20+/m1/s1. The summed E-state index contributed by atoms with van der Waals surface area (Å²) in [6, 6.07) is 14.7. The molecule has 4 nitrogen and oxygen atoms in total. The van der Waals surface area contributed by atoms with E-state index in [-0.39, 0.29) is 12.3 Å². The number of aromatic nitrogens is 1. The molecule has 2 aromatic heterocycles. The van der Waals surface area contributed by atoms with E-state index in [4.69, 9.17) is 9.84 Å². The molecule has 26 heavy (non-hydrogen) atoms. The number of rotatable bonds is 2. The lowest BCUT2D eigenvalue weighted by atomic mass is 9.98. The Balaban J connectivity index is 1.61. The van der Waals surface area contributed by atoms with Crippen molar-refractivity contribution in [3.63, 3.8) is 0 Å². The molecule has 2 aliphatic heterocycles. The van der Waals surface area contributed by atoms with Crippen molar-refractivity contribution in [2.24, 2.45) is 5.10 Å². The third kappa shape index (κ3) is 2.64. The van der Waals surface area contributed by atoms with E-state index < -0.39 is 0 Å². The summed E-state index contributed by atoms with van der Waals surface area (Å²) in [5, 5.41) is 7.09. The summed E-state index contributed by atoms with van der Waals surface area (Å²) in [5.41, 5.74) is 3.37. The number of hydrogen-bond donors (Lipinski definition) is 0. The topological polar surface area (TPSA) is 37.7 Å². The molecule has 3 aromatic rings. The number of hydrogen-bond acceptors (Lipinski definition) is 5. The maximum absolute atomic E-state index is 6.35. The highest BCUT2D eigenvalue weighted by molar-refractivity contribution is 9.10. The lowest BCUT2D eigenvalue weighted by Crippen LogP contribution is -2.33. The van der Waals surface area contributed by atoms with Crippen LogP contribution in [-0.2, 0) is 0 Å². The molecule has 0 amide bonds. The number of nitrogens with zero attached hydrogens (tertiary/aromatic N) is 3. The van der Waals surface area contributed by atoms with Crippen molar-refractivity contribution in [3.05, 3.63) is 80.2 Å². The van der Waals surface area contributed by atoms with Crippen LogP contribution >= 0.6 is 27.3 Å². The monoisotopic (exact) mass is 425 g/mol. The Morgan fingerprint density at radius 1 is 1.15 bits per heavy atom. The van der Waals surface area contributed by atoms with Crippen LogP contribution in [0, 0.1) is 6.92 Å². The first-order chi connectivity index (χ1) is 12.7. The first kappa shape index (κ1) is 16.0. The fourth-order valence-electron chi connectivity index (χ4n) is 3.54. The van der Waals surface area contributed by atoms with Gasteiger partial charge in [-0.3, -0.25) is 4.98 Å². The molecule has 0 fully saturated rings. The number of ether oxygens (including phenoxy) is 1. The van der Waals surface area contributed by atoms with Gasteiger partial charge < -0.3 is 4.74 Å². The van der Waals surface area contributed by atoms with Gasteiger partial charge in [0.1, 0.15) is 5.75 Å². The Hall–Kier alpha value is -2.18. The second-order valence-corrected chi connectivity index (χ2v) is 8.69. The van der Waals surface area contributed by atoms with Crippen LogP contribution in [-0.4, -0.2) is 15.7 Å². The van der Waals surface area contributed by atoms with Gasteiger partial charge in [-0.25, -0.2) is 5.01 Å². The Morgan fingerprint density at radius 2 is 2.00 bits per heavy atom. The van der Waals surface area contributed by atoms with Crippen LogP contribution in [0.4, 0.5) is 0 Å². The minimum atomic E-state index is -0.241. The van der Waals surface area contributed by atoms with Crippen molar-refractivity contribution in [2.75, 3.05) is 0 Å². The van der Waals surface area contributed by atoms with Gasteiger partial charge in [-0.15, -0.1) is 11.3 Å². The van der Waals surface area contributed by atoms with Gasteiger partial charge in [-0.1, -0.05) is 15.9 Å². The zero-order chi connectivity index (χ0) is 17.7. The molecule has 0 bridgehead atoms. The van der Waals surface area contributed by atoms with Crippen LogP contribution in [0.1, 0.15) is 39.6 Å². The van der Waals surface area contributed by atoms with E-state index in [1.165, 1.54) is 15.3 Å². The molecule has 2 aliphatic rings. The van der Waals surface area contributed by atoms with Gasteiger partial charge in [0.05, 0.1) is 16.6 Å². The molecule has 5 rings (SSSR count). The maximum Gasteiger partial charge on any atom is 0.213 e. The van der Waals surface area contributed by atoms with Crippen LogP contribution in [0.3, 0.4) is 0 Å². The van der Waals surface area contributed by atoms with E-state index in [9.17, 15) is 0 Å². The lowest BCUT2D eigenvalue weighted by molar-refractivity contribution is -0.0191. The zero-order valence-corrected chi connectivity index (χ0v) is 16.5. The van der Waals surface area contributed by atoms with Crippen molar-refractivity contribution in [1.82, 2.24) is 9.99 Å². The highest BCUT2D eigenvalue weighted by Gasteiger charge is 2.41. The molecule has 0 radical (unpaired) electrons. The molecule has 0 N–H and O–H groups in total. The molecule has 0 saturated carbocycles. The quantitative estimate of drug-likeness (QED) is 0.547. The highest BCUT2D eigenvalue weighted by atomic mass is 79.9. The Labute approximate surface area is 164 Å². The molecule has 0 aliphatic carbocycles. The molecule has 0 unspecified atom stereocenters. The van der Waals surface area contributed by atoms with E-state index in [2.05, 4.69) is 51.0 Å². The minimum Gasteiger partial charge on any atom is -0.464 e. The van der Waals surface area contributed by atoms with E-state index >= 15 is 0 Å². The number of pyridine rings is 1. The molecule has 0 saturated heterocycles. The van der Waals surface area contributed by atoms with Gasteiger partial charge in [-0.2, -0.15) is 5.10 Å². The van der Waals surface area contributed by atoms with Crippen molar-refractivity contribution < 1.29 is 4.74 Å². The normalized spacial score (nSPS) is 21.0. The number of thiophene rings is 1. The number of halogens is 1. The second kappa shape index (κ2) is 6.21. The van der Waals surface area contributed by atoms with Gasteiger partial charge in [0, 0.05) is 39.3 Å². The number of hydrazone groups is 1. The molecule has 130 valence electrons. The molecule has 6 heteroatoms. The van der Waals surface area contributed by atoms with Crippen molar-refractivity contribution in [1.29, 1.82) is 0 Å². The maximum atomic E-state index is 6.35. The summed E-state index contributed by atoms with van der Waals surface area (Å²) >= 11 is 5.39. The summed E-state index contributed by atoms with van der Waals surface area (Å²) in [5.74, 6) is 0.926. The van der Waals surface area contributed by atoms with Gasteiger partial charge in [0.2, 0.25) is 6.23 Å². The molecular weight excluding hydrogens is 410 g/mol. The Morgan fingerprint density at radius 3 is 2.77 bits per heavy atom. The zero-order valence-electron chi connectivity index (χ0n) is 14.1. The van der Waals surface area contributed by atoms with Crippen molar-refractivity contribution in [2.45, 2.75) is 25.6 Å². The second-order valence-electron chi connectivity index (χ2n) is 6.49. The van der Waals surface area contributed by atoms with Gasteiger partial charge in [0.15, 0.2) is 0 Å². The molecule has 0 spiro atoms. The molecular formula is C20H16BrN3OS. The SMILES string of the molecule is Cc1ccc(C2=NN3[C@H](C2)c2cc(Br)ccc2O[C@H]3c2ccncc2)s1. The smallest absolute Gasteiger partial charge is 0.213 e. The van der Waals surface area contributed by atoms with Gasteiger partial charge in [-0.05, 0) is 49.4 Å². The Kier molecular flexibility index (Phi) is 3.83. The minimum absolute atomic E-state index is 0.173. The summed E-state index contributed by atoms with van der Waals surface area (Å²) in [6.07, 6.45) is 4.24. The van der Waals surface area contributed by atoms with E-state index in [0.717, 1.165) is 27.9 Å². The average molecular weight is 426 g/mol. The summed E-state index contributed by atoms with van der Waals surface area (Å²) in [7, 11) is 0. The average Bonchev–Trinajstić information content (AvgIpc) is 3.28. The summed E-state index contributed by atoms with van der Waals surface area (Å²) in [4.78, 5) is 6.67. The highest BCUT2D eigenvalue weighted by Crippen LogP contribution is 2.48. The van der Waals surface area contributed by atoms with Crippen LogP contribution < -0.4 is 4.74 Å². The third-order valence-electron chi connectivity index (χ3n) is 4.77. The summed E-state index contributed by atoms with van der Waals surface area (Å²) < 4.78 is 7.41. The van der Waals surface area contributed by atoms with Crippen LogP contribution in [0.25, 0.3) is 0 Å². The summed E-state index contributed by atoms with van der Waals surface area (Å²) in [6.45, 7) is 2.13. The first-order valence-electron chi connectivity index (χ1n) is 8.48. The Bertz CT molecular complexity index is 1000. The van der Waals surface area contributed by atoms with Crippen LogP contribution in [0.5, 0.6) is 5.75 Å². The van der Waals surface area contributed by atoms with E-state index in [1.807, 2.05) is 24.3 Å². The third-order valence-corrected chi connectivity index (χ3v) is 6.31. The van der Waals surface area contributed by atoms with Crippen molar-refractivity contribution in [3.8, 4) is 5.75 Å². The fraction of sp³-hybridized carbons (Fsp3) is 0.200. The molecule has 1 aromatic carbocycles. The first-order valence-corrected chi connectivity index (χ1v) is 10.1.